The van der Waals surface area contributed by atoms with E-state index < -0.39 is 0 Å². The molecule has 1 atom stereocenters. The maximum Gasteiger partial charge on any atom is 0.161 e. The fourth-order valence-electron chi connectivity index (χ4n) is 2.24. The number of methoxy groups -OCH3 is 1. The molecular formula is C13H19N5O. The Balaban J connectivity index is 2.53. The van der Waals surface area contributed by atoms with E-state index in [-0.39, 0.29) is 6.04 Å². The average molecular weight is 261 g/mol. The molecule has 1 unspecified atom stereocenters. The van der Waals surface area contributed by atoms with E-state index in [1.807, 2.05) is 19.3 Å². The standard InChI is InChI=1S/C13H19N5O/c1-4-9-7-15-6-5-10(9)12(17-14)13-11(19-3)8-16-18(13)2/h5-8,12,17H,4,14H2,1-3H3. The van der Waals surface area contributed by atoms with Crippen LogP contribution in [0.4, 0.5) is 0 Å². The van der Waals surface area contributed by atoms with Crippen molar-refractivity contribution in [3.8, 4) is 5.75 Å². The lowest BCUT2D eigenvalue weighted by Crippen LogP contribution is -2.31. The third kappa shape index (κ3) is 2.45. The van der Waals surface area contributed by atoms with Crippen LogP contribution >= 0.6 is 0 Å². The highest BCUT2D eigenvalue weighted by Gasteiger charge is 2.23. The first-order valence-electron chi connectivity index (χ1n) is 6.17. The summed E-state index contributed by atoms with van der Waals surface area (Å²) in [6.07, 6.45) is 6.21. The Morgan fingerprint density at radius 1 is 1.47 bits per heavy atom. The number of hydrogen-bond acceptors (Lipinski definition) is 5. The van der Waals surface area contributed by atoms with Gasteiger partial charge in [-0.05, 0) is 23.6 Å². The van der Waals surface area contributed by atoms with E-state index in [4.69, 9.17) is 10.6 Å². The van der Waals surface area contributed by atoms with E-state index in [1.54, 1.807) is 24.2 Å². The molecule has 0 aliphatic rings. The Morgan fingerprint density at radius 3 is 2.89 bits per heavy atom. The predicted octanol–water partition coefficient (Wildman–Crippen LogP) is 0.939. The van der Waals surface area contributed by atoms with Crippen LogP contribution in [0, 0.1) is 0 Å². The van der Waals surface area contributed by atoms with Crippen molar-refractivity contribution in [2.45, 2.75) is 19.4 Å². The van der Waals surface area contributed by atoms with E-state index in [0.29, 0.717) is 5.75 Å². The van der Waals surface area contributed by atoms with Gasteiger partial charge < -0.3 is 4.74 Å². The first-order chi connectivity index (χ1) is 9.22. The third-order valence-electron chi connectivity index (χ3n) is 3.24. The van der Waals surface area contributed by atoms with Crippen molar-refractivity contribution in [1.29, 1.82) is 0 Å². The molecule has 6 heteroatoms. The van der Waals surface area contributed by atoms with Gasteiger partial charge in [0.15, 0.2) is 5.75 Å². The highest BCUT2D eigenvalue weighted by molar-refractivity contribution is 5.39. The zero-order valence-corrected chi connectivity index (χ0v) is 11.4. The molecule has 19 heavy (non-hydrogen) atoms. The summed E-state index contributed by atoms with van der Waals surface area (Å²) in [5, 5.41) is 4.22. The van der Waals surface area contributed by atoms with Crippen LogP contribution in [0.3, 0.4) is 0 Å². The van der Waals surface area contributed by atoms with Gasteiger partial charge in [-0.1, -0.05) is 6.92 Å². The molecule has 0 aromatic carbocycles. The molecule has 0 amide bonds. The average Bonchev–Trinajstić information content (AvgIpc) is 2.82. The van der Waals surface area contributed by atoms with E-state index in [1.165, 1.54) is 0 Å². The Kier molecular flexibility index (Phi) is 4.13. The zero-order chi connectivity index (χ0) is 13.8. The molecule has 0 saturated heterocycles. The molecule has 102 valence electrons. The monoisotopic (exact) mass is 261 g/mol. The van der Waals surface area contributed by atoms with Gasteiger partial charge in [0.25, 0.3) is 0 Å². The fourth-order valence-corrected chi connectivity index (χ4v) is 2.24. The minimum atomic E-state index is -0.180. The zero-order valence-electron chi connectivity index (χ0n) is 11.4. The van der Waals surface area contributed by atoms with Crippen LogP contribution in [0.1, 0.15) is 29.8 Å². The Labute approximate surface area is 112 Å². The first kappa shape index (κ1) is 13.5. The van der Waals surface area contributed by atoms with Crippen LogP contribution < -0.4 is 16.0 Å². The number of aryl methyl sites for hydroxylation is 2. The summed E-state index contributed by atoms with van der Waals surface area (Å²) in [5.41, 5.74) is 5.97. The summed E-state index contributed by atoms with van der Waals surface area (Å²) in [4.78, 5) is 4.16. The molecule has 2 aromatic rings. The summed E-state index contributed by atoms with van der Waals surface area (Å²) in [7, 11) is 3.50. The number of ether oxygens (including phenoxy) is 1. The molecule has 6 nitrogen and oxygen atoms in total. The lowest BCUT2D eigenvalue weighted by atomic mass is 9.98. The summed E-state index contributed by atoms with van der Waals surface area (Å²) in [6, 6.07) is 1.79. The van der Waals surface area contributed by atoms with Crippen molar-refractivity contribution < 1.29 is 4.74 Å². The second kappa shape index (κ2) is 5.81. The summed E-state index contributed by atoms with van der Waals surface area (Å²) < 4.78 is 7.12. The smallest absolute Gasteiger partial charge is 0.161 e. The second-order valence-corrected chi connectivity index (χ2v) is 4.25. The molecule has 0 radical (unpaired) electrons. The number of aromatic nitrogens is 3. The van der Waals surface area contributed by atoms with E-state index in [2.05, 4.69) is 22.4 Å². The van der Waals surface area contributed by atoms with Gasteiger partial charge in [-0.3, -0.25) is 15.5 Å². The van der Waals surface area contributed by atoms with E-state index >= 15 is 0 Å². The van der Waals surface area contributed by atoms with Gasteiger partial charge in [0, 0.05) is 19.4 Å². The number of hydrogen-bond donors (Lipinski definition) is 2. The van der Waals surface area contributed by atoms with Crippen LogP contribution in [0.2, 0.25) is 0 Å². The summed E-state index contributed by atoms with van der Waals surface area (Å²) in [6.45, 7) is 2.09. The molecule has 2 rings (SSSR count). The molecule has 0 spiro atoms. The van der Waals surface area contributed by atoms with Gasteiger partial charge in [-0.15, -0.1) is 0 Å². The Hall–Kier alpha value is -1.92. The topological polar surface area (TPSA) is 78.0 Å². The fraction of sp³-hybridized carbons (Fsp3) is 0.385. The number of nitrogens with two attached hydrogens (primary N) is 1. The summed E-state index contributed by atoms with van der Waals surface area (Å²) >= 11 is 0. The first-order valence-corrected chi connectivity index (χ1v) is 6.17. The quantitative estimate of drug-likeness (QED) is 0.618. The molecule has 0 bridgehead atoms. The van der Waals surface area contributed by atoms with Crippen LogP contribution in [-0.4, -0.2) is 21.9 Å². The molecule has 2 aromatic heterocycles. The molecule has 0 fully saturated rings. The van der Waals surface area contributed by atoms with Gasteiger partial charge in [-0.2, -0.15) is 5.10 Å². The van der Waals surface area contributed by atoms with E-state index in [0.717, 1.165) is 23.2 Å². The van der Waals surface area contributed by atoms with Crippen molar-refractivity contribution in [2.24, 2.45) is 12.9 Å². The number of pyridine rings is 1. The molecule has 0 aliphatic carbocycles. The van der Waals surface area contributed by atoms with Gasteiger partial charge in [0.1, 0.15) is 5.69 Å². The lowest BCUT2D eigenvalue weighted by molar-refractivity contribution is 0.401. The molecule has 3 N–H and O–H groups in total. The van der Waals surface area contributed by atoms with Gasteiger partial charge >= 0.3 is 0 Å². The van der Waals surface area contributed by atoms with Crippen LogP contribution in [0.25, 0.3) is 0 Å². The molecule has 0 aliphatic heterocycles. The van der Waals surface area contributed by atoms with Crippen LogP contribution in [0.15, 0.2) is 24.7 Å². The van der Waals surface area contributed by atoms with Gasteiger partial charge in [0.2, 0.25) is 0 Å². The van der Waals surface area contributed by atoms with Crippen LogP contribution in [0.5, 0.6) is 5.75 Å². The molecule has 2 heterocycles. The minimum Gasteiger partial charge on any atom is -0.493 e. The molecular weight excluding hydrogens is 242 g/mol. The Morgan fingerprint density at radius 2 is 2.26 bits per heavy atom. The number of rotatable bonds is 5. The number of nitrogens with zero attached hydrogens (tertiary/aromatic N) is 3. The highest BCUT2D eigenvalue weighted by atomic mass is 16.5. The third-order valence-corrected chi connectivity index (χ3v) is 3.24. The van der Waals surface area contributed by atoms with Gasteiger partial charge in [0.05, 0.1) is 19.3 Å². The van der Waals surface area contributed by atoms with Crippen molar-refractivity contribution in [3.63, 3.8) is 0 Å². The normalized spacial score (nSPS) is 12.4. The second-order valence-electron chi connectivity index (χ2n) is 4.25. The maximum absolute atomic E-state index is 5.75. The van der Waals surface area contributed by atoms with Crippen molar-refractivity contribution in [2.75, 3.05) is 7.11 Å². The van der Waals surface area contributed by atoms with E-state index in [9.17, 15) is 0 Å². The Bertz CT molecular complexity index is 552. The van der Waals surface area contributed by atoms with Gasteiger partial charge in [-0.25, -0.2) is 5.43 Å². The highest BCUT2D eigenvalue weighted by Crippen LogP contribution is 2.30. The predicted molar refractivity (Wildman–Crippen MR) is 72.5 cm³/mol. The van der Waals surface area contributed by atoms with Crippen molar-refractivity contribution in [3.05, 3.63) is 41.5 Å². The SMILES string of the molecule is CCc1cnccc1C(NN)c1c(OC)cnn1C. The van der Waals surface area contributed by atoms with Crippen LogP contribution in [-0.2, 0) is 13.5 Å². The lowest BCUT2D eigenvalue weighted by Gasteiger charge is -2.20. The van der Waals surface area contributed by atoms with Crippen molar-refractivity contribution in [1.82, 2.24) is 20.2 Å². The number of nitrogens with one attached hydrogen (secondary N) is 1. The largest absolute Gasteiger partial charge is 0.493 e. The number of hydrazine groups is 1. The van der Waals surface area contributed by atoms with Crippen molar-refractivity contribution >= 4 is 0 Å². The minimum absolute atomic E-state index is 0.180. The molecule has 0 saturated carbocycles. The maximum atomic E-state index is 5.75. The summed E-state index contributed by atoms with van der Waals surface area (Å²) in [5.74, 6) is 6.46.